The van der Waals surface area contributed by atoms with E-state index in [4.69, 9.17) is 14.7 Å². The zero-order chi connectivity index (χ0) is 13.4. The van der Waals surface area contributed by atoms with E-state index in [0.717, 1.165) is 0 Å². The van der Waals surface area contributed by atoms with Crippen molar-refractivity contribution in [1.29, 1.82) is 5.26 Å². The Hall–Kier alpha value is -1.61. The van der Waals surface area contributed by atoms with Crippen LogP contribution in [0.5, 0.6) is 0 Å². The maximum atomic E-state index is 11.4. The van der Waals surface area contributed by atoms with E-state index in [0.29, 0.717) is 19.4 Å². The number of carbonyl (C=O) groups is 2. The van der Waals surface area contributed by atoms with E-state index in [1.165, 1.54) is 0 Å². The van der Waals surface area contributed by atoms with Crippen LogP contribution in [0.25, 0.3) is 0 Å². The van der Waals surface area contributed by atoms with E-state index in [2.05, 4.69) is 5.32 Å². The molecule has 1 unspecified atom stereocenters. The highest BCUT2D eigenvalue weighted by Crippen LogP contribution is 2.04. The maximum absolute atomic E-state index is 11.4. The Kier molecular flexibility index (Phi) is 6.15. The van der Waals surface area contributed by atoms with Gasteiger partial charge in [0, 0.05) is 19.4 Å². The molecule has 6 nitrogen and oxygen atoms in total. The second-order valence-electron chi connectivity index (χ2n) is 4.23. The van der Waals surface area contributed by atoms with Crippen LogP contribution in [-0.2, 0) is 19.1 Å². The van der Waals surface area contributed by atoms with E-state index in [9.17, 15) is 9.59 Å². The molecule has 0 saturated carbocycles. The quantitative estimate of drug-likeness (QED) is 0.634. The molecule has 1 rings (SSSR count). The summed E-state index contributed by atoms with van der Waals surface area (Å²) in [7, 11) is 0. The van der Waals surface area contributed by atoms with Gasteiger partial charge in [0.05, 0.1) is 25.1 Å². The highest BCUT2D eigenvalue weighted by atomic mass is 16.6. The average molecular weight is 254 g/mol. The van der Waals surface area contributed by atoms with E-state index in [-0.39, 0.29) is 37.5 Å². The predicted molar refractivity (Wildman–Crippen MR) is 62.4 cm³/mol. The lowest BCUT2D eigenvalue weighted by atomic mass is 10.2. The van der Waals surface area contributed by atoms with Crippen molar-refractivity contribution in [3.63, 3.8) is 0 Å². The lowest BCUT2D eigenvalue weighted by molar-refractivity contribution is -0.150. The molecule has 1 saturated heterocycles. The van der Waals surface area contributed by atoms with Crippen molar-refractivity contribution >= 4 is 11.9 Å². The van der Waals surface area contributed by atoms with Crippen LogP contribution in [0.1, 0.15) is 32.6 Å². The number of hydrogen-bond donors (Lipinski definition) is 1. The van der Waals surface area contributed by atoms with E-state index >= 15 is 0 Å². The molecule has 1 heterocycles. The maximum Gasteiger partial charge on any atom is 0.307 e. The standard InChI is InChI=1S/C12H18N2O4/c1-9-5-7-17-11(15)3-2-10(8-13)14-6-4-12(16)18-9/h9-10,14H,2-7H2,1H3/t9?,10-/m1/s1. The highest BCUT2D eigenvalue weighted by molar-refractivity contribution is 5.70. The predicted octanol–water partition coefficient (Wildman–Crippen LogP) is 0.517. The molecular weight excluding hydrogens is 236 g/mol. The Bertz CT molecular complexity index is 337. The van der Waals surface area contributed by atoms with Crippen molar-refractivity contribution in [3.05, 3.63) is 0 Å². The molecule has 18 heavy (non-hydrogen) atoms. The molecule has 6 heteroatoms. The molecule has 0 amide bonds. The Morgan fingerprint density at radius 3 is 2.78 bits per heavy atom. The summed E-state index contributed by atoms with van der Waals surface area (Å²) in [4.78, 5) is 22.8. The van der Waals surface area contributed by atoms with Gasteiger partial charge in [0.15, 0.2) is 0 Å². The Labute approximate surface area is 106 Å². The molecule has 100 valence electrons. The highest BCUT2D eigenvalue weighted by Gasteiger charge is 2.15. The number of esters is 2. The van der Waals surface area contributed by atoms with Crippen molar-refractivity contribution in [2.45, 2.75) is 44.8 Å². The van der Waals surface area contributed by atoms with Crippen molar-refractivity contribution in [2.24, 2.45) is 0 Å². The second-order valence-corrected chi connectivity index (χ2v) is 4.23. The minimum Gasteiger partial charge on any atom is -0.466 e. The number of carbonyl (C=O) groups excluding carboxylic acids is 2. The number of ether oxygens (including phenoxy) is 2. The number of hydrogen-bond acceptors (Lipinski definition) is 6. The van der Waals surface area contributed by atoms with Crippen LogP contribution < -0.4 is 5.32 Å². The monoisotopic (exact) mass is 254 g/mol. The minimum absolute atomic E-state index is 0.203. The summed E-state index contributed by atoms with van der Waals surface area (Å²) >= 11 is 0. The fourth-order valence-corrected chi connectivity index (χ4v) is 1.58. The molecule has 1 N–H and O–H groups in total. The van der Waals surface area contributed by atoms with Crippen LogP contribution in [0.3, 0.4) is 0 Å². The van der Waals surface area contributed by atoms with E-state index < -0.39 is 6.04 Å². The Morgan fingerprint density at radius 2 is 2.06 bits per heavy atom. The number of nitrogens with zero attached hydrogens (tertiary/aromatic N) is 1. The first-order chi connectivity index (χ1) is 8.61. The summed E-state index contributed by atoms with van der Waals surface area (Å²) in [6.07, 6.45) is 1.04. The lowest BCUT2D eigenvalue weighted by Gasteiger charge is -2.12. The van der Waals surface area contributed by atoms with Gasteiger partial charge in [-0.05, 0) is 13.3 Å². The van der Waals surface area contributed by atoms with Crippen LogP contribution in [0.2, 0.25) is 0 Å². The zero-order valence-corrected chi connectivity index (χ0v) is 10.5. The number of rotatable bonds is 0. The Morgan fingerprint density at radius 1 is 1.28 bits per heavy atom. The van der Waals surface area contributed by atoms with Crippen molar-refractivity contribution in [3.8, 4) is 6.07 Å². The normalized spacial score (nSPS) is 27.8. The Balaban J connectivity index is 2.53. The van der Waals surface area contributed by atoms with Gasteiger partial charge in [-0.1, -0.05) is 0 Å². The molecule has 0 aromatic carbocycles. The molecule has 1 fully saturated rings. The van der Waals surface area contributed by atoms with Crippen molar-refractivity contribution in [2.75, 3.05) is 13.2 Å². The third-order valence-corrected chi connectivity index (χ3v) is 2.63. The van der Waals surface area contributed by atoms with Crippen LogP contribution in [0.4, 0.5) is 0 Å². The largest absolute Gasteiger partial charge is 0.466 e. The third kappa shape index (κ3) is 5.64. The smallest absolute Gasteiger partial charge is 0.307 e. The summed E-state index contributed by atoms with van der Waals surface area (Å²) in [5.41, 5.74) is 0. The molecule has 0 aromatic rings. The molecule has 0 radical (unpaired) electrons. The van der Waals surface area contributed by atoms with Gasteiger partial charge in [-0.15, -0.1) is 0 Å². The van der Waals surface area contributed by atoms with Gasteiger partial charge in [-0.2, -0.15) is 5.26 Å². The van der Waals surface area contributed by atoms with Gasteiger partial charge in [0.1, 0.15) is 6.10 Å². The molecule has 0 spiro atoms. The van der Waals surface area contributed by atoms with Crippen LogP contribution in [0.15, 0.2) is 0 Å². The van der Waals surface area contributed by atoms with Crippen molar-refractivity contribution in [1.82, 2.24) is 5.32 Å². The van der Waals surface area contributed by atoms with E-state index in [1.807, 2.05) is 6.07 Å². The summed E-state index contributed by atoms with van der Waals surface area (Å²) in [6.45, 7) is 2.37. The summed E-state index contributed by atoms with van der Waals surface area (Å²) in [6, 6.07) is 1.60. The third-order valence-electron chi connectivity index (χ3n) is 2.63. The molecule has 0 bridgehead atoms. The van der Waals surface area contributed by atoms with E-state index in [1.54, 1.807) is 6.92 Å². The van der Waals surface area contributed by atoms with Crippen LogP contribution in [0, 0.1) is 11.3 Å². The summed E-state index contributed by atoms with van der Waals surface area (Å²) < 4.78 is 10.1. The summed E-state index contributed by atoms with van der Waals surface area (Å²) in [5, 5.41) is 11.8. The molecule has 1 aliphatic heterocycles. The van der Waals surface area contributed by atoms with Gasteiger partial charge in [-0.3, -0.25) is 9.59 Å². The number of cyclic esters (lactones) is 2. The second kappa shape index (κ2) is 7.67. The molecule has 0 aliphatic carbocycles. The van der Waals surface area contributed by atoms with Crippen molar-refractivity contribution < 1.29 is 19.1 Å². The first kappa shape index (κ1) is 14.5. The van der Waals surface area contributed by atoms with Gasteiger partial charge in [-0.25, -0.2) is 0 Å². The minimum atomic E-state index is -0.441. The fourth-order valence-electron chi connectivity index (χ4n) is 1.58. The van der Waals surface area contributed by atoms with Crippen LogP contribution >= 0.6 is 0 Å². The molecule has 0 aromatic heterocycles. The summed E-state index contributed by atoms with van der Waals surface area (Å²) in [5.74, 6) is -0.632. The van der Waals surface area contributed by atoms with Gasteiger partial charge in [0.2, 0.25) is 0 Å². The first-order valence-corrected chi connectivity index (χ1v) is 6.10. The molecular formula is C12H18N2O4. The molecule has 2 atom stereocenters. The molecule has 1 aliphatic rings. The topological polar surface area (TPSA) is 88.4 Å². The van der Waals surface area contributed by atoms with Gasteiger partial charge in [0.25, 0.3) is 0 Å². The van der Waals surface area contributed by atoms with Gasteiger partial charge >= 0.3 is 11.9 Å². The number of nitrogens with one attached hydrogen (secondary N) is 1. The van der Waals surface area contributed by atoms with Crippen LogP contribution in [-0.4, -0.2) is 37.2 Å². The average Bonchev–Trinajstić information content (AvgIpc) is 2.33. The SMILES string of the molecule is CC1CCOC(=O)CC[C@H](C#N)NCCC(=O)O1. The van der Waals surface area contributed by atoms with Gasteiger partial charge < -0.3 is 14.8 Å². The number of nitriles is 1. The fraction of sp³-hybridized carbons (Fsp3) is 0.750. The first-order valence-electron chi connectivity index (χ1n) is 6.10. The lowest BCUT2D eigenvalue weighted by Crippen LogP contribution is -2.30. The zero-order valence-electron chi connectivity index (χ0n) is 10.5.